The van der Waals surface area contributed by atoms with Crippen molar-refractivity contribution in [2.24, 2.45) is 0 Å². The Bertz CT molecular complexity index is 788. The van der Waals surface area contributed by atoms with E-state index in [1.54, 1.807) is 0 Å². The van der Waals surface area contributed by atoms with Gasteiger partial charge in [-0.1, -0.05) is 44.0 Å². The van der Waals surface area contributed by atoms with Gasteiger partial charge in [-0.05, 0) is 37.5 Å². The van der Waals surface area contributed by atoms with Crippen molar-refractivity contribution in [2.45, 2.75) is 52.6 Å². The smallest absolute Gasteiger partial charge is 0.136 e. The second kappa shape index (κ2) is 10.4. The van der Waals surface area contributed by atoms with Gasteiger partial charge in [0, 0.05) is 55.4 Å². The van der Waals surface area contributed by atoms with Gasteiger partial charge in [-0.3, -0.25) is 4.90 Å². The Balaban J connectivity index is 1.78. The Morgan fingerprint density at radius 3 is 2.38 bits per heavy atom. The molecule has 1 fully saturated rings. The molecule has 1 aromatic carbocycles. The van der Waals surface area contributed by atoms with Crippen molar-refractivity contribution in [1.29, 1.82) is 0 Å². The molecule has 6 heteroatoms. The van der Waals surface area contributed by atoms with Crippen LogP contribution in [0, 0.1) is 6.92 Å². The summed E-state index contributed by atoms with van der Waals surface area (Å²) in [6, 6.07) is 8.05. The summed E-state index contributed by atoms with van der Waals surface area (Å²) in [4.78, 5) is 14.3. The van der Waals surface area contributed by atoms with Crippen molar-refractivity contribution in [3.8, 4) is 0 Å². The second-order valence-corrected chi connectivity index (χ2v) is 8.34. The molecule has 0 amide bonds. The predicted octanol–water partition coefficient (Wildman–Crippen LogP) is 3.87. The molecular weight excluding hydrogens is 384 g/mol. The van der Waals surface area contributed by atoms with Crippen LogP contribution in [0.15, 0.2) is 24.3 Å². The SMILES string of the molecule is CCC[C@@H](O)CN1CCN(c2nc(C)nc(CC)c2Cc2ccc(Cl)cc2)CC1. The van der Waals surface area contributed by atoms with E-state index in [0.717, 1.165) is 80.8 Å². The van der Waals surface area contributed by atoms with Crippen LogP contribution in [0.5, 0.6) is 0 Å². The fraction of sp³-hybridized carbons (Fsp3) is 0.565. The van der Waals surface area contributed by atoms with E-state index in [9.17, 15) is 5.11 Å². The zero-order valence-electron chi connectivity index (χ0n) is 17.9. The highest BCUT2D eigenvalue weighted by Crippen LogP contribution is 2.26. The summed E-state index contributed by atoms with van der Waals surface area (Å²) in [7, 11) is 0. The van der Waals surface area contributed by atoms with Gasteiger partial charge >= 0.3 is 0 Å². The van der Waals surface area contributed by atoms with E-state index in [-0.39, 0.29) is 6.10 Å². The number of rotatable bonds is 8. The first kappa shape index (κ1) is 22.0. The molecule has 2 heterocycles. The van der Waals surface area contributed by atoms with Crippen LogP contribution in [0.25, 0.3) is 0 Å². The molecule has 5 nitrogen and oxygen atoms in total. The Hall–Kier alpha value is -1.69. The minimum atomic E-state index is -0.222. The largest absolute Gasteiger partial charge is 0.392 e. The van der Waals surface area contributed by atoms with Gasteiger partial charge in [0.2, 0.25) is 0 Å². The maximum absolute atomic E-state index is 10.1. The van der Waals surface area contributed by atoms with Crippen LogP contribution in [0.3, 0.4) is 0 Å². The first-order valence-electron chi connectivity index (χ1n) is 10.8. The maximum Gasteiger partial charge on any atom is 0.136 e. The first-order chi connectivity index (χ1) is 14.0. The van der Waals surface area contributed by atoms with Gasteiger partial charge in [0.15, 0.2) is 0 Å². The summed E-state index contributed by atoms with van der Waals surface area (Å²) in [6.45, 7) is 10.8. The Morgan fingerprint density at radius 1 is 1.07 bits per heavy atom. The number of aryl methyl sites for hydroxylation is 2. The number of hydrogen-bond donors (Lipinski definition) is 1. The fourth-order valence-corrected chi connectivity index (χ4v) is 4.17. The molecule has 1 aliphatic rings. The average molecular weight is 417 g/mol. The minimum Gasteiger partial charge on any atom is -0.392 e. The van der Waals surface area contributed by atoms with Gasteiger partial charge in [-0.15, -0.1) is 0 Å². The van der Waals surface area contributed by atoms with E-state index < -0.39 is 0 Å². The number of aliphatic hydroxyl groups excluding tert-OH is 1. The zero-order chi connectivity index (χ0) is 20.8. The lowest BCUT2D eigenvalue weighted by molar-refractivity contribution is 0.101. The van der Waals surface area contributed by atoms with Gasteiger partial charge in [-0.2, -0.15) is 0 Å². The lowest BCUT2D eigenvalue weighted by Crippen LogP contribution is -2.49. The Morgan fingerprint density at radius 2 is 1.76 bits per heavy atom. The van der Waals surface area contributed by atoms with Gasteiger partial charge in [0.25, 0.3) is 0 Å². The summed E-state index contributed by atoms with van der Waals surface area (Å²) in [5.41, 5.74) is 3.57. The molecule has 29 heavy (non-hydrogen) atoms. The van der Waals surface area contributed by atoms with Crippen LogP contribution >= 0.6 is 11.6 Å². The summed E-state index contributed by atoms with van der Waals surface area (Å²) in [5, 5.41) is 10.9. The summed E-state index contributed by atoms with van der Waals surface area (Å²) >= 11 is 6.06. The quantitative estimate of drug-likeness (QED) is 0.707. The fourth-order valence-electron chi connectivity index (χ4n) is 4.04. The molecule has 0 saturated carbocycles. The number of benzene rings is 1. The third-order valence-electron chi connectivity index (χ3n) is 5.57. The van der Waals surface area contributed by atoms with Crippen LogP contribution in [-0.4, -0.2) is 58.8 Å². The highest BCUT2D eigenvalue weighted by Gasteiger charge is 2.23. The van der Waals surface area contributed by atoms with Crippen molar-refractivity contribution >= 4 is 17.4 Å². The predicted molar refractivity (Wildman–Crippen MR) is 120 cm³/mol. The van der Waals surface area contributed by atoms with Crippen molar-refractivity contribution in [3.05, 3.63) is 51.9 Å². The molecule has 3 rings (SSSR count). The molecule has 158 valence electrons. The molecule has 0 unspecified atom stereocenters. The topological polar surface area (TPSA) is 52.5 Å². The molecule has 1 saturated heterocycles. The number of nitrogens with zero attached hydrogens (tertiary/aromatic N) is 4. The standard InChI is InChI=1S/C23H33ClN4O/c1-4-6-20(29)16-27-11-13-28(14-12-27)23-21(22(5-2)25-17(3)26-23)15-18-7-9-19(24)10-8-18/h7-10,20,29H,4-6,11-16H2,1-3H3/t20-/m1/s1. The van der Waals surface area contributed by atoms with E-state index >= 15 is 0 Å². The van der Waals surface area contributed by atoms with Gasteiger partial charge in [0.05, 0.1) is 6.10 Å². The molecule has 0 bridgehead atoms. The number of β-amino-alcohol motifs (C(OH)–C–C–N with tert-alkyl or cyclic N) is 1. The van der Waals surface area contributed by atoms with Gasteiger partial charge in [-0.25, -0.2) is 9.97 Å². The number of hydrogen-bond acceptors (Lipinski definition) is 5. The van der Waals surface area contributed by atoms with E-state index in [4.69, 9.17) is 21.6 Å². The number of halogens is 1. The number of piperazine rings is 1. The van der Waals surface area contributed by atoms with E-state index in [1.807, 2.05) is 19.1 Å². The molecule has 0 aliphatic carbocycles. The summed E-state index contributed by atoms with van der Waals surface area (Å²) in [6.07, 6.45) is 3.37. The van der Waals surface area contributed by atoms with E-state index in [0.29, 0.717) is 0 Å². The van der Waals surface area contributed by atoms with Crippen molar-refractivity contribution in [2.75, 3.05) is 37.6 Å². The number of aromatic nitrogens is 2. The van der Waals surface area contributed by atoms with Crippen LogP contribution in [0.1, 0.15) is 49.3 Å². The maximum atomic E-state index is 10.1. The van der Waals surface area contributed by atoms with Crippen LogP contribution < -0.4 is 4.90 Å². The summed E-state index contributed by atoms with van der Waals surface area (Å²) < 4.78 is 0. The second-order valence-electron chi connectivity index (χ2n) is 7.91. The first-order valence-corrected chi connectivity index (χ1v) is 11.1. The number of anilines is 1. The van der Waals surface area contributed by atoms with E-state index in [2.05, 4.69) is 35.8 Å². The monoisotopic (exact) mass is 416 g/mol. The molecule has 2 aromatic rings. The van der Waals surface area contributed by atoms with Crippen LogP contribution in [0.4, 0.5) is 5.82 Å². The van der Waals surface area contributed by atoms with Gasteiger partial charge in [0.1, 0.15) is 11.6 Å². The molecule has 1 aliphatic heterocycles. The molecule has 1 aromatic heterocycles. The van der Waals surface area contributed by atoms with Crippen molar-refractivity contribution in [3.63, 3.8) is 0 Å². The normalized spacial score (nSPS) is 16.2. The lowest BCUT2D eigenvalue weighted by atomic mass is 10.0. The van der Waals surface area contributed by atoms with Crippen molar-refractivity contribution < 1.29 is 5.11 Å². The minimum absolute atomic E-state index is 0.222. The average Bonchev–Trinajstić information content (AvgIpc) is 2.71. The molecular formula is C23H33ClN4O. The zero-order valence-corrected chi connectivity index (χ0v) is 18.6. The highest BCUT2D eigenvalue weighted by molar-refractivity contribution is 6.30. The van der Waals surface area contributed by atoms with Crippen LogP contribution in [-0.2, 0) is 12.8 Å². The lowest BCUT2D eigenvalue weighted by Gasteiger charge is -2.37. The third kappa shape index (κ3) is 5.91. The van der Waals surface area contributed by atoms with E-state index in [1.165, 1.54) is 11.1 Å². The molecule has 1 atom stereocenters. The Labute approximate surface area is 179 Å². The molecule has 0 radical (unpaired) electrons. The van der Waals surface area contributed by atoms with Crippen molar-refractivity contribution in [1.82, 2.24) is 14.9 Å². The van der Waals surface area contributed by atoms with Crippen LogP contribution in [0.2, 0.25) is 5.02 Å². The number of aliphatic hydroxyl groups is 1. The van der Waals surface area contributed by atoms with Gasteiger partial charge < -0.3 is 10.0 Å². The molecule has 1 N–H and O–H groups in total. The Kier molecular flexibility index (Phi) is 7.87. The summed E-state index contributed by atoms with van der Waals surface area (Å²) in [5.74, 6) is 1.90. The molecule has 0 spiro atoms. The highest BCUT2D eigenvalue weighted by atomic mass is 35.5. The third-order valence-corrected chi connectivity index (χ3v) is 5.83.